The first kappa shape index (κ1) is 9.05. The van der Waals surface area contributed by atoms with E-state index >= 15 is 0 Å². The molecule has 0 heterocycles. The lowest BCUT2D eigenvalue weighted by Gasteiger charge is -2.06. The number of hydrogen-bond acceptors (Lipinski definition) is 2. The summed E-state index contributed by atoms with van der Waals surface area (Å²) in [5.41, 5.74) is 0. The minimum absolute atomic E-state index is 0.105. The Balaban J connectivity index is 2.20. The third kappa shape index (κ3) is 2.54. The molecule has 12 heavy (non-hydrogen) atoms. The van der Waals surface area contributed by atoms with Gasteiger partial charge in [0.25, 0.3) is 0 Å². The van der Waals surface area contributed by atoms with Gasteiger partial charge < -0.3 is 5.32 Å². The summed E-state index contributed by atoms with van der Waals surface area (Å²) in [7, 11) is 0. The molecule has 1 N–H and O–H groups in total. The molecule has 0 spiro atoms. The molecule has 0 bridgehead atoms. The van der Waals surface area contributed by atoms with Crippen molar-refractivity contribution in [1.29, 1.82) is 5.26 Å². The lowest BCUT2D eigenvalue weighted by Crippen LogP contribution is -2.31. The highest BCUT2D eigenvalue weighted by Gasteiger charge is 2.23. The van der Waals surface area contributed by atoms with E-state index in [0.717, 1.165) is 6.54 Å². The summed E-state index contributed by atoms with van der Waals surface area (Å²) in [6.07, 6.45) is 3.06. The average Bonchev–Trinajstić information content (AvgIpc) is 2.86. The first-order valence-electron chi connectivity index (χ1n) is 4.45. The van der Waals surface area contributed by atoms with E-state index in [1.165, 1.54) is 12.8 Å². The number of amides is 1. The fraction of sp³-hybridized carbons (Fsp3) is 0.778. The first-order valence-corrected chi connectivity index (χ1v) is 4.45. The molecule has 1 unspecified atom stereocenters. The second-order valence-electron chi connectivity index (χ2n) is 3.28. The Morgan fingerprint density at radius 1 is 1.75 bits per heavy atom. The van der Waals surface area contributed by atoms with Crippen LogP contribution in [0, 0.1) is 23.2 Å². The van der Waals surface area contributed by atoms with Gasteiger partial charge >= 0.3 is 0 Å². The monoisotopic (exact) mass is 166 g/mol. The van der Waals surface area contributed by atoms with Crippen molar-refractivity contribution < 1.29 is 4.79 Å². The Hall–Kier alpha value is -1.04. The fourth-order valence-corrected chi connectivity index (χ4v) is 1.03. The van der Waals surface area contributed by atoms with Crippen LogP contribution < -0.4 is 5.32 Å². The van der Waals surface area contributed by atoms with Crippen LogP contribution in [0.5, 0.6) is 0 Å². The summed E-state index contributed by atoms with van der Waals surface area (Å²) < 4.78 is 0. The van der Waals surface area contributed by atoms with Gasteiger partial charge in [0.15, 0.2) is 0 Å². The number of carbonyl (C=O) groups is 1. The van der Waals surface area contributed by atoms with Crippen molar-refractivity contribution in [3.63, 3.8) is 0 Å². The molecule has 66 valence electrons. The lowest BCUT2D eigenvalue weighted by molar-refractivity contribution is -0.123. The van der Waals surface area contributed by atoms with E-state index in [0.29, 0.717) is 12.3 Å². The zero-order chi connectivity index (χ0) is 8.97. The molecule has 0 aliphatic heterocycles. The maximum Gasteiger partial charge on any atom is 0.237 e. The fourth-order valence-electron chi connectivity index (χ4n) is 1.03. The highest BCUT2D eigenvalue weighted by Crippen LogP contribution is 2.27. The molecule has 3 heteroatoms. The molecule has 0 radical (unpaired) electrons. The van der Waals surface area contributed by atoms with Crippen LogP contribution in [0.25, 0.3) is 0 Å². The van der Waals surface area contributed by atoms with Gasteiger partial charge in [-0.25, -0.2) is 0 Å². The van der Waals surface area contributed by atoms with Crippen molar-refractivity contribution in [3.8, 4) is 6.07 Å². The predicted molar refractivity (Wildman–Crippen MR) is 45.1 cm³/mol. The molecule has 0 saturated heterocycles. The van der Waals surface area contributed by atoms with Gasteiger partial charge in [0.05, 0.1) is 6.07 Å². The highest BCUT2D eigenvalue weighted by molar-refractivity contribution is 5.80. The van der Waals surface area contributed by atoms with Crippen molar-refractivity contribution in [2.24, 2.45) is 11.8 Å². The topological polar surface area (TPSA) is 52.9 Å². The van der Waals surface area contributed by atoms with Gasteiger partial charge in [-0.1, -0.05) is 6.92 Å². The third-order valence-electron chi connectivity index (χ3n) is 2.14. The van der Waals surface area contributed by atoms with Crippen molar-refractivity contribution in [2.45, 2.75) is 26.2 Å². The molecule has 0 aromatic heterocycles. The van der Waals surface area contributed by atoms with E-state index in [1.54, 1.807) is 0 Å². The lowest BCUT2D eigenvalue weighted by atomic mass is 10.1. The van der Waals surface area contributed by atoms with E-state index in [2.05, 4.69) is 5.32 Å². The van der Waals surface area contributed by atoms with Crippen LogP contribution in [0.4, 0.5) is 0 Å². The van der Waals surface area contributed by atoms with Gasteiger partial charge in [-0.05, 0) is 25.2 Å². The van der Waals surface area contributed by atoms with Gasteiger partial charge in [-0.3, -0.25) is 4.79 Å². The van der Waals surface area contributed by atoms with Crippen LogP contribution >= 0.6 is 0 Å². The SMILES string of the molecule is CCC(C#N)C(=O)NCC1CC1. The highest BCUT2D eigenvalue weighted by atomic mass is 16.1. The van der Waals surface area contributed by atoms with Crippen LogP contribution in [-0.4, -0.2) is 12.5 Å². The van der Waals surface area contributed by atoms with Gasteiger partial charge in [0.2, 0.25) is 5.91 Å². The summed E-state index contributed by atoms with van der Waals surface area (Å²) >= 11 is 0. The van der Waals surface area contributed by atoms with E-state index in [-0.39, 0.29) is 5.91 Å². The Morgan fingerprint density at radius 3 is 2.83 bits per heavy atom. The average molecular weight is 166 g/mol. The van der Waals surface area contributed by atoms with E-state index in [9.17, 15) is 4.79 Å². The van der Waals surface area contributed by atoms with Crippen molar-refractivity contribution >= 4 is 5.91 Å². The molecule has 1 amide bonds. The molecular formula is C9H14N2O. The molecule has 0 aromatic carbocycles. The molecule has 1 aliphatic rings. The Labute approximate surface area is 72.8 Å². The van der Waals surface area contributed by atoms with Crippen molar-refractivity contribution in [1.82, 2.24) is 5.32 Å². The number of nitriles is 1. The van der Waals surface area contributed by atoms with Gasteiger partial charge in [-0.2, -0.15) is 5.26 Å². The van der Waals surface area contributed by atoms with E-state index in [4.69, 9.17) is 5.26 Å². The van der Waals surface area contributed by atoms with Crippen LogP contribution in [0.15, 0.2) is 0 Å². The number of nitrogens with one attached hydrogen (secondary N) is 1. The van der Waals surface area contributed by atoms with Crippen molar-refractivity contribution in [3.05, 3.63) is 0 Å². The number of carbonyl (C=O) groups excluding carboxylic acids is 1. The number of rotatable bonds is 4. The quantitative estimate of drug-likeness (QED) is 0.679. The normalized spacial score (nSPS) is 18.0. The summed E-state index contributed by atoms with van der Waals surface area (Å²) in [5.74, 6) is 0.126. The van der Waals surface area contributed by atoms with Crippen LogP contribution in [0.3, 0.4) is 0 Å². The van der Waals surface area contributed by atoms with Gasteiger partial charge in [-0.15, -0.1) is 0 Å². The third-order valence-corrected chi connectivity index (χ3v) is 2.14. The van der Waals surface area contributed by atoms with Gasteiger partial charge in [0, 0.05) is 6.54 Å². The molecule has 0 aromatic rings. The maximum atomic E-state index is 11.2. The first-order chi connectivity index (χ1) is 5.77. The second-order valence-corrected chi connectivity index (χ2v) is 3.28. The Bertz CT molecular complexity index is 203. The summed E-state index contributed by atoms with van der Waals surface area (Å²) in [5, 5.41) is 11.4. The molecule has 3 nitrogen and oxygen atoms in total. The van der Waals surface area contributed by atoms with Crippen LogP contribution in [0.2, 0.25) is 0 Å². The van der Waals surface area contributed by atoms with Gasteiger partial charge in [0.1, 0.15) is 5.92 Å². The summed E-state index contributed by atoms with van der Waals surface area (Å²) in [4.78, 5) is 11.2. The van der Waals surface area contributed by atoms with Crippen molar-refractivity contribution in [2.75, 3.05) is 6.54 Å². The molecule has 1 atom stereocenters. The maximum absolute atomic E-state index is 11.2. The summed E-state index contributed by atoms with van der Waals surface area (Å²) in [6.45, 7) is 2.61. The largest absolute Gasteiger partial charge is 0.355 e. The number of hydrogen-bond donors (Lipinski definition) is 1. The van der Waals surface area contributed by atoms with Crippen LogP contribution in [-0.2, 0) is 4.79 Å². The zero-order valence-electron chi connectivity index (χ0n) is 7.34. The van der Waals surface area contributed by atoms with Crippen LogP contribution in [0.1, 0.15) is 26.2 Å². The van der Waals surface area contributed by atoms with E-state index < -0.39 is 5.92 Å². The zero-order valence-corrected chi connectivity index (χ0v) is 7.34. The number of nitrogens with zero attached hydrogens (tertiary/aromatic N) is 1. The molecule has 1 aliphatic carbocycles. The Morgan fingerprint density at radius 2 is 2.42 bits per heavy atom. The predicted octanol–water partition coefficient (Wildman–Crippen LogP) is 1.06. The smallest absolute Gasteiger partial charge is 0.237 e. The minimum atomic E-state index is -0.455. The summed E-state index contributed by atoms with van der Waals surface area (Å²) in [6, 6.07) is 1.98. The molecule has 1 rings (SSSR count). The Kier molecular flexibility index (Phi) is 3.09. The molecular weight excluding hydrogens is 152 g/mol. The molecule has 1 fully saturated rings. The molecule has 1 saturated carbocycles. The second kappa shape index (κ2) is 4.10. The van der Waals surface area contributed by atoms with E-state index in [1.807, 2.05) is 13.0 Å². The minimum Gasteiger partial charge on any atom is -0.355 e. The standard InChI is InChI=1S/C9H14N2O/c1-2-8(5-10)9(12)11-6-7-3-4-7/h7-8H,2-4,6H2,1H3,(H,11,12).